The first-order valence-electron chi connectivity index (χ1n) is 5.49. The summed E-state index contributed by atoms with van der Waals surface area (Å²) in [6.07, 6.45) is -2.38. The van der Waals surface area contributed by atoms with Gasteiger partial charge >= 0.3 is 6.09 Å². The first kappa shape index (κ1) is 11.9. The number of hydrogen-bond acceptors (Lipinski definition) is 4. The standard InChI is InChI=1S/C12H15NO4/c1-8-11(15)10(14)7-13(8)12(16)17-9-5-3-2-4-6-9/h2-6,8,10-11,14-15H,7H2,1H3. The van der Waals surface area contributed by atoms with E-state index in [1.54, 1.807) is 31.2 Å². The Kier molecular flexibility index (Phi) is 3.31. The molecule has 1 fully saturated rings. The molecule has 1 aromatic rings. The van der Waals surface area contributed by atoms with E-state index in [0.717, 1.165) is 0 Å². The van der Waals surface area contributed by atoms with Gasteiger partial charge < -0.3 is 14.9 Å². The van der Waals surface area contributed by atoms with Crippen LogP contribution in [0.1, 0.15) is 6.92 Å². The fraction of sp³-hybridized carbons (Fsp3) is 0.417. The van der Waals surface area contributed by atoms with Crippen LogP contribution >= 0.6 is 0 Å². The highest BCUT2D eigenvalue weighted by Gasteiger charge is 2.40. The molecule has 5 nitrogen and oxygen atoms in total. The summed E-state index contributed by atoms with van der Waals surface area (Å²) >= 11 is 0. The van der Waals surface area contributed by atoms with Gasteiger partial charge in [-0.05, 0) is 19.1 Å². The summed E-state index contributed by atoms with van der Waals surface area (Å²) in [6, 6.07) is 8.25. The number of carbonyl (C=O) groups excluding carboxylic acids is 1. The summed E-state index contributed by atoms with van der Waals surface area (Å²) in [5.74, 6) is 0.445. The Morgan fingerprint density at radius 2 is 2.00 bits per heavy atom. The number of carbonyl (C=O) groups is 1. The molecular formula is C12H15NO4. The van der Waals surface area contributed by atoms with Crippen LogP contribution < -0.4 is 4.74 Å². The number of aliphatic hydroxyl groups excluding tert-OH is 2. The van der Waals surface area contributed by atoms with Crippen LogP contribution in [0.15, 0.2) is 30.3 Å². The smallest absolute Gasteiger partial charge is 0.410 e. The van der Waals surface area contributed by atoms with Gasteiger partial charge in [-0.15, -0.1) is 0 Å². The first-order chi connectivity index (χ1) is 8.09. The molecule has 5 heteroatoms. The Hall–Kier alpha value is -1.59. The summed E-state index contributed by atoms with van der Waals surface area (Å²) in [7, 11) is 0. The summed E-state index contributed by atoms with van der Waals surface area (Å²) in [5, 5.41) is 19.0. The van der Waals surface area contributed by atoms with Crippen LogP contribution in [-0.4, -0.2) is 46.0 Å². The molecule has 1 saturated heterocycles. The van der Waals surface area contributed by atoms with Crippen molar-refractivity contribution in [2.24, 2.45) is 0 Å². The van der Waals surface area contributed by atoms with Gasteiger partial charge in [-0.25, -0.2) is 4.79 Å². The highest BCUT2D eigenvalue weighted by Crippen LogP contribution is 2.20. The minimum Gasteiger partial charge on any atom is -0.410 e. The Balaban J connectivity index is 2.02. The lowest BCUT2D eigenvalue weighted by atomic mass is 10.2. The number of para-hydroxylation sites is 1. The van der Waals surface area contributed by atoms with Gasteiger partial charge in [-0.1, -0.05) is 18.2 Å². The van der Waals surface area contributed by atoms with Gasteiger partial charge in [0.05, 0.1) is 18.7 Å². The Labute approximate surface area is 99.2 Å². The lowest BCUT2D eigenvalue weighted by Crippen LogP contribution is -2.39. The Morgan fingerprint density at radius 3 is 2.53 bits per heavy atom. The van der Waals surface area contributed by atoms with Gasteiger partial charge in [0, 0.05) is 0 Å². The first-order valence-corrected chi connectivity index (χ1v) is 5.49. The van der Waals surface area contributed by atoms with E-state index in [9.17, 15) is 15.0 Å². The molecule has 1 aliphatic rings. The van der Waals surface area contributed by atoms with E-state index in [-0.39, 0.29) is 6.54 Å². The van der Waals surface area contributed by atoms with Gasteiger partial charge in [0.2, 0.25) is 0 Å². The van der Waals surface area contributed by atoms with Crippen molar-refractivity contribution in [3.8, 4) is 5.75 Å². The number of benzene rings is 1. The molecule has 3 unspecified atom stereocenters. The molecule has 2 N–H and O–H groups in total. The van der Waals surface area contributed by atoms with Gasteiger partial charge in [0.25, 0.3) is 0 Å². The number of aliphatic hydroxyl groups is 2. The van der Waals surface area contributed by atoms with Crippen molar-refractivity contribution in [2.75, 3.05) is 6.54 Å². The van der Waals surface area contributed by atoms with E-state index in [2.05, 4.69) is 0 Å². The number of β-amino-alcohol motifs (C(OH)–C–C–N with tert-alkyl or cyclic N) is 1. The maximum atomic E-state index is 11.8. The molecule has 0 saturated carbocycles. The van der Waals surface area contributed by atoms with E-state index in [1.807, 2.05) is 6.07 Å². The molecule has 0 aromatic heterocycles. The molecule has 1 heterocycles. The summed E-state index contributed by atoms with van der Waals surface area (Å²) in [6.45, 7) is 1.77. The van der Waals surface area contributed by atoms with Crippen LogP contribution in [0.2, 0.25) is 0 Å². The zero-order valence-corrected chi connectivity index (χ0v) is 9.48. The molecule has 2 rings (SSSR count). The van der Waals surface area contributed by atoms with Crippen LogP contribution in [0.5, 0.6) is 5.75 Å². The number of rotatable bonds is 1. The third kappa shape index (κ3) is 2.40. The number of ether oxygens (including phenoxy) is 1. The van der Waals surface area contributed by atoms with Crippen LogP contribution in [-0.2, 0) is 0 Å². The fourth-order valence-corrected chi connectivity index (χ4v) is 1.87. The maximum absolute atomic E-state index is 11.8. The van der Waals surface area contributed by atoms with Gasteiger partial charge in [-0.3, -0.25) is 4.90 Å². The van der Waals surface area contributed by atoms with E-state index in [4.69, 9.17) is 4.74 Å². The molecular weight excluding hydrogens is 222 g/mol. The quantitative estimate of drug-likeness (QED) is 0.751. The van der Waals surface area contributed by atoms with Crippen molar-refractivity contribution in [3.63, 3.8) is 0 Å². The van der Waals surface area contributed by atoms with Gasteiger partial charge in [0.15, 0.2) is 0 Å². The molecule has 0 bridgehead atoms. The average molecular weight is 237 g/mol. The second-order valence-corrected chi connectivity index (χ2v) is 4.13. The van der Waals surface area contributed by atoms with Crippen molar-refractivity contribution < 1.29 is 19.7 Å². The van der Waals surface area contributed by atoms with E-state index >= 15 is 0 Å². The van der Waals surface area contributed by atoms with E-state index in [0.29, 0.717) is 5.75 Å². The lowest BCUT2D eigenvalue weighted by Gasteiger charge is -2.21. The second-order valence-electron chi connectivity index (χ2n) is 4.13. The highest BCUT2D eigenvalue weighted by atomic mass is 16.6. The molecule has 0 aliphatic carbocycles. The molecule has 92 valence electrons. The Bertz CT molecular complexity index is 395. The van der Waals surface area contributed by atoms with Crippen LogP contribution in [0, 0.1) is 0 Å². The minimum absolute atomic E-state index is 0.0913. The summed E-state index contributed by atoms with van der Waals surface area (Å²) < 4.78 is 5.13. The molecule has 1 amide bonds. The molecule has 1 aromatic carbocycles. The molecule has 3 atom stereocenters. The normalized spacial score (nSPS) is 28.2. The van der Waals surface area contributed by atoms with Crippen LogP contribution in [0.4, 0.5) is 4.79 Å². The van der Waals surface area contributed by atoms with Crippen molar-refractivity contribution in [1.29, 1.82) is 0 Å². The maximum Gasteiger partial charge on any atom is 0.415 e. The molecule has 1 aliphatic heterocycles. The van der Waals surface area contributed by atoms with E-state index in [1.165, 1.54) is 4.90 Å². The molecule has 17 heavy (non-hydrogen) atoms. The highest BCUT2D eigenvalue weighted by molar-refractivity contribution is 5.71. The monoisotopic (exact) mass is 237 g/mol. The molecule has 0 radical (unpaired) electrons. The lowest BCUT2D eigenvalue weighted by molar-refractivity contribution is 0.0416. The number of likely N-dealkylation sites (tertiary alicyclic amines) is 1. The second kappa shape index (κ2) is 4.73. The Morgan fingerprint density at radius 1 is 1.35 bits per heavy atom. The largest absolute Gasteiger partial charge is 0.415 e. The van der Waals surface area contributed by atoms with Crippen LogP contribution in [0.3, 0.4) is 0 Å². The predicted molar refractivity (Wildman–Crippen MR) is 60.6 cm³/mol. The number of hydrogen-bond donors (Lipinski definition) is 2. The topological polar surface area (TPSA) is 70.0 Å². The van der Waals surface area contributed by atoms with Gasteiger partial charge in [-0.2, -0.15) is 0 Å². The van der Waals surface area contributed by atoms with Crippen molar-refractivity contribution in [1.82, 2.24) is 4.90 Å². The van der Waals surface area contributed by atoms with Crippen molar-refractivity contribution in [2.45, 2.75) is 25.2 Å². The van der Waals surface area contributed by atoms with Crippen molar-refractivity contribution in [3.05, 3.63) is 30.3 Å². The van der Waals surface area contributed by atoms with Gasteiger partial charge in [0.1, 0.15) is 11.9 Å². The molecule has 0 spiro atoms. The number of nitrogens with zero attached hydrogens (tertiary/aromatic N) is 1. The fourth-order valence-electron chi connectivity index (χ4n) is 1.87. The van der Waals surface area contributed by atoms with Crippen LogP contribution in [0.25, 0.3) is 0 Å². The van der Waals surface area contributed by atoms with Crippen molar-refractivity contribution >= 4 is 6.09 Å². The SMILES string of the molecule is CC1C(O)C(O)CN1C(=O)Oc1ccccc1. The number of amides is 1. The third-order valence-electron chi connectivity index (χ3n) is 2.95. The average Bonchev–Trinajstić information content (AvgIpc) is 2.58. The van der Waals surface area contributed by atoms with E-state index < -0.39 is 24.3 Å². The zero-order valence-electron chi connectivity index (χ0n) is 9.48. The predicted octanol–water partition coefficient (Wildman–Crippen LogP) is 0.611. The minimum atomic E-state index is -0.918. The summed E-state index contributed by atoms with van der Waals surface area (Å²) in [4.78, 5) is 13.1. The third-order valence-corrected chi connectivity index (χ3v) is 2.95. The summed E-state index contributed by atoms with van der Waals surface area (Å²) in [5.41, 5.74) is 0. The zero-order chi connectivity index (χ0) is 12.4.